The van der Waals surface area contributed by atoms with Crippen molar-refractivity contribution >= 4 is 39.4 Å². The minimum Gasteiger partial charge on any atom is -0.497 e. The molecule has 7 nitrogen and oxygen atoms in total. The first-order valence-corrected chi connectivity index (χ1v) is 13.3. The van der Waals surface area contributed by atoms with Crippen LogP contribution in [0.4, 0.5) is 22.3 Å². The van der Waals surface area contributed by atoms with Crippen molar-refractivity contribution < 1.29 is 9.53 Å². The number of ether oxygens (including phenoxy) is 1. The van der Waals surface area contributed by atoms with Gasteiger partial charge in [-0.1, -0.05) is 23.5 Å². The van der Waals surface area contributed by atoms with Gasteiger partial charge in [0.1, 0.15) is 22.1 Å². The van der Waals surface area contributed by atoms with E-state index in [2.05, 4.69) is 39.9 Å². The van der Waals surface area contributed by atoms with E-state index in [1.807, 2.05) is 6.07 Å². The average molecular weight is 493 g/mol. The fourth-order valence-electron chi connectivity index (χ4n) is 5.62. The maximum Gasteiger partial charge on any atom is 0.206 e. The first-order chi connectivity index (χ1) is 17.1. The molecule has 2 aliphatic rings. The monoisotopic (exact) mass is 492 g/mol. The zero-order valence-corrected chi connectivity index (χ0v) is 21.1. The predicted octanol–water partition coefficient (Wildman–Crippen LogP) is 4.95. The number of carbonyl (C=O) groups is 1. The van der Waals surface area contributed by atoms with Gasteiger partial charge in [0.25, 0.3) is 0 Å². The third-order valence-corrected chi connectivity index (χ3v) is 8.43. The van der Waals surface area contributed by atoms with Gasteiger partial charge < -0.3 is 21.1 Å². The highest BCUT2D eigenvalue weighted by Crippen LogP contribution is 2.36. The van der Waals surface area contributed by atoms with Gasteiger partial charge in [-0.2, -0.15) is 0 Å². The van der Waals surface area contributed by atoms with Gasteiger partial charge in [0.05, 0.1) is 26.2 Å². The van der Waals surface area contributed by atoms with Crippen molar-refractivity contribution in [3.63, 3.8) is 0 Å². The Labute approximate surface area is 210 Å². The Balaban J connectivity index is 1.34. The summed E-state index contributed by atoms with van der Waals surface area (Å²) in [5, 5.41) is 7.49. The molecular weight excluding hydrogens is 458 g/mol. The quantitative estimate of drug-likeness (QED) is 0.319. The van der Waals surface area contributed by atoms with Crippen LogP contribution >= 0.6 is 11.3 Å². The summed E-state index contributed by atoms with van der Waals surface area (Å²) >= 11 is 1.28. The number of methoxy groups -OCH3 is 1. The molecule has 2 aromatic carbocycles. The molecule has 5 rings (SSSR count). The molecule has 2 aliphatic heterocycles. The van der Waals surface area contributed by atoms with Crippen LogP contribution in [0.2, 0.25) is 0 Å². The Hall–Kier alpha value is -2.94. The van der Waals surface area contributed by atoms with E-state index >= 15 is 0 Å². The number of likely N-dealkylation sites (tertiary alicyclic amines) is 1. The second-order valence-corrected chi connectivity index (χ2v) is 10.5. The van der Waals surface area contributed by atoms with Crippen molar-refractivity contribution in [2.75, 3.05) is 44.3 Å². The highest BCUT2D eigenvalue weighted by Gasteiger charge is 2.40. The lowest BCUT2D eigenvalue weighted by atomic mass is 9.95. The van der Waals surface area contributed by atoms with Crippen LogP contribution in [-0.2, 0) is 0 Å². The Morgan fingerprint density at radius 2 is 1.86 bits per heavy atom. The highest BCUT2D eigenvalue weighted by molar-refractivity contribution is 7.18. The summed E-state index contributed by atoms with van der Waals surface area (Å²) in [5.74, 6) is 0.725. The van der Waals surface area contributed by atoms with Gasteiger partial charge in [-0.3, -0.25) is 9.28 Å². The summed E-state index contributed by atoms with van der Waals surface area (Å²) in [6.07, 6.45) is 6.41. The van der Waals surface area contributed by atoms with Crippen LogP contribution in [0.25, 0.3) is 0 Å². The van der Waals surface area contributed by atoms with E-state index < -0.39 is 0 Å². The largest absolute Gasteiger partial charge is 0.497 e. The van der Waals surface area contributed by atoms with Crippen molar-refractivity contribution in [1.29, 1.82) is 0 Å². The summed E-state index contributed by atoms with van der Waals surface area (Å²) < 4.78 is 6.36. The minimum absolute atomic E-state index is 0.152. The molecule has 0 amide bonds. The lowest BCUT2D eigenvalue weighted by Crippen LogP contribution is -2.62. The Morgan fingerprint density at radius 3 is 2.57 bits per heavy atom. The number of carbonyl (C=O) groups excluding carboxylic acids is 1. The van der Waals surface area contributed by atoms with Crippen LogP contribution in [0, 0.1) is 0 Å². The summed E-state index contributed by atoms with van der Waals surface area (Å²) in [5.41, 5.74) is 9.02. The van der Waals surface area contributed by atoms with Gasteiger partial charge in [-0.25, -0.2) is 4.98 Å². The van der Waals surface area contributed by atoms with Crippen LogP contribution in [0.3, 0.4) is 0 Å². The van der Waals surface area contributed by atoms with Crippen LogP contribution in [0.5, 0.6) is 5.75 Å². The smallest absolute Gasteiger partial charge is 0.206 e. The number of rotatable bonds is 7. The summed E-state index contributed by atoms with van der Waals surface area (Å²) in [6.45, 7) is 4.70. The SMILES string of the molecule is COc1cccc(C(=O)c2sc(Nc3ccc([N+]4(C5CCNCC5)CCCCC4)cc3)nc2N)c1. The lowest BCUT2D eigenvalue weighted by molar-refractivity contribution is 0.104. The molecule has 8 heteroatoms. The van der Waals surface area contributed by atoms with Gasteiger partial charge >= 0.3 is 0 Å². The lowest BCUT2D eigenvalue weighted by Gasteiger charge is -2.48. The van der Waals surface area contributed by atoms with E-state index in [4.69, 9.17) is 10.5 Å². The van der Waals surface area contributed by atoms with E-state index in [9.17, 15) is 4.79 Å². The second kappa shape index (κ2) is 10.4. The number of thiazole rings is 1. The van der Waals surface area contributed by atoms with E-state index in [1.54, 1.807) is 25.3 Å². The number of anilines is 3. The van der Waals surface area contributed by atoms with Gasteiger partial charge in [0.15, 0.2) is 5.13 Å². The molecule has 0 atom stereocenters. The molecule has 0 spiro atoms. The first-order valence-electron chi connectivity index (χ1n) is 12.5. The molecule has 35 heavy (non-hydrogen) atoms. The molecule has 3 heterocycles. The maximum absolute atomic E-state index is 13.0. The number of quaternary nitrogens is 1. The summed E-state index contributed by atoms with van der Waals surface area (Å²) in [4.78, 5) is 17.9. The van der Waals surface area contributed by atoms with Crippen molar-refractivity contribution in [2.24, 2.45) is 0 Å². The van der Waals surface area contributed by atoms with E-state index in [0.717, 1.165) is 23.3 Å². The molecule has 0 unspecified atom stereocenters. The molecule has 4 N–H and O–H groups in total. The van der Waals surface area contributed by atoms with Crippen molar-refractivity contribution in [1.82, 2.24) is 14.8 Å². The van der Waals surface area contributed by atoms with E-state index in [0.29, 0.717) is 27.4 Å². The summed E-state index contributed by atoms with van der Waals surface area (Å²) in [6, 6.07) is 16.6. The van der Waals surface area contributed by atoms with Gasteiger partial charge in [0, 0.05) is 49.3 Å². The minimum atomic E-state index is -0.152. The van der Waals surface area contributed by atoms with Crippen molar-refractivity contribution in [3.8, 4) is 5.75 Å². The molecule has 3 aromatic rings. The number of nitrogen functional groups attached to an aromatic ring is 1. The molecule has 0 radical (unpaired) electrons. The van der Waals surface area contributed by atoms with Gasteiger partial charge in [0.2, 0.25) is 5.78 Å². The second-order valence-electron chi connectivity index (χ2n) is 9.49. The average Bonchev–Trinajstić information content (AvgIpc) is 3.29. The summed E-state index contributed by atoms with van der Waals surface area (Å²) in [7, 11) is 1.58. The topological polar surface area (TPSA) is 89.3 Å². The van der Waals surface area contributed by atoms with E-state index in [-0.39, 0.29) is 11.6 Å². The number of nitrogens with one attached hydrogen (secondary N) is 2. The number of piperidine rings is 2. The van der Waals surface area contributed by atoms with Crippen LogP contribution < -0.4 is 25.6 Å². The standard InChI is InChI=1S/C27H33N5O2S/c1-34-23-7-5-6-19(18-23)24(33)25-26(28)31-27(35-25)30-20-8-10-21(11-9-20)32(16-3-2-4-17-32)22-12-14-29-15-13-22/h5-11,18,22,29H,2-4,12-17H2,1H3,(H2-,28,30,31,33)/p+1. The predicted molar refractivity (Wildman–Crippen MR) is 144 cm³/mol. The molecular formula is C27H34N5O2S+. The van der Waals surface area contributed by atoms with Crippen molar-refractivity contribution in [3.05, 3.63) is 59.0 Å². The number of nitrogens with zero attached hydrogens (tertiary/aromatic N) is 2. The van der Waals surface area contributed by atoms with E-state index in [1.165, 1.54) is 62.2 Å². The third kappa shape index (κ3) is 4.91. The van der Waals surface area contributed by atoms with Gasteiger partial charge in [-0.05, 0) is 43.5 Å². The van der Waals surface area contributed by atoms with Crippen LogP contribution in [0.1, 0.15) is 47.3 Å². The van der Waals surface area contributed by atoms with Crippen LogP contribution in [0.15, 0.2) is 48.5 Å². The van der Waals surface area contributed by atoms with Gasteiger partial charge in [-0.15, -0.1) is 0 Å². The van der Waals surface area contributed by atoms with Crippen LogP contribution in [-0.4, -0.2) is 50.1 Å². The number of benzene rings is 2. The zero-order chi connectivity index (χ0) is 24.3. The third-order valence-electron chi connectivity index (χ3n) is 7.45. The molecule has 0 bridgehead atoms. The molecule has 1 aromatic heterocycles. The number of hydrogen-bond acceptors (Lipinski definition) is 7. The molecule has 184 valence electrons. The molecule has 2 fully saturated rings. The fourth-order valence-corrected chi connectivity index (χ4v) is 6.49. The first kappa shape index (κ1) is 23.8. The fraction of sp³-hybridized carbons (Fsp3) is 0.407. The Bertz CT molecular complexity index is 1160. The Kier molecular flexibility index (Phi) is 7.04. The maximum atomic E-state index is 13.0. The molecule has 0 aliphatic carbocycles. The number of hydrogen-bond donors (Lipinski definition) is 3. The number of nitrogens with two attached hydrogens (primary N) is 1. The highest BCUT2D eigenvalue weighted by atomic mass is 32.1. The molecule has 0 saturated carbocycles. The van der Waals surface area contributed by atoms with Crippen molar-refractivity contribution in [2.45, 2.75) is 38.1 Å². The molecule has 2 saturated heterocycles. The number of aromatic nitrogens is 1. The Morgan fingerprint density at radius 1 is 1.11 bits per heavy atom. The number of ketones is 1. The normalized spacial score (nSPS) is 18.2. The zero-order valence-electron chi connectivity index (χ0n) is 20.3.